The van der Waals surface area contributed by atoms with E-state index in [4.69, 9.17) is 4.74 Å². The molecule has 19 heavy (non-hydrogen) atoms. The van der Waals surface area contributed by atoms with Crippen molar-refractivity contribution in [1.82, 2.24) is 5.32 Å². The fourth-order valence-electron chi connectivity index (χ4n) is 2.28. The van der Waals surface area contributed by atoms with Gasteiger partial charge < -0.3 is 20.5 Å². The van der Waals surface area contributed by atoms with Crippen LogP contribution in [0.5, 0.6) is 0 Å². The average molecular weight is 264 g/mol. The molecule has 0 aliphatic carbocycles. The van der Waals surface area contributed by atoms with Gasteiger partial charge in [-0.15, -0.1) is 0 Å². The number of para-hydroxylation sites is 1. The smallest absolute Gasteiger partial charge is 0.229 e. The number of fused-ring (bicyclic) bond motifs is 1. The maximum atomic E-state index is 12.1. The molecule has 1 aromatic rings. The number of amides is 1. The van der Waals surface area contributed by atoms with E-state index in [0.717, 1.165) is 11.3 Å². The number of aliphatic hydroxyl groups excluding tert-OH is 1. The van der Waals surface area contributed by atoms with Crippen LogP contribution >= 0.6 is 0 Å². The highest BCUT2D eigenvalue weighted by Gasteiger charge is 2.27. The van der Waals surface area contributed by atoms with Gasteiger partial charge in [-0.1, -0.05) is 18.2 Å². The maximum Gasteiger partial charge on any atom is 0.229 e. The van der Waals surface area contributed by atoms with Crippen LogP contribution in [0.25, 0.3) is 0 Å². The minimum atomic E-state index is -0.528. The Hall–Kier alpha value is -1.59. The first-order chi connectivity index (χ1) is 9.22. The molecule has 2 unspecified atom stereocenters. The molecule has 0 saturated heterocycles. The average Bonchev–Trinajstić information content (AvgIpc) is 2.82. The highest BCUT2D eigenvalue weighted by molar-refractivity contribution is 5.88. The molecule has 0 saturated carbocycles. The van der Waals surface area contributed by atoms with E-state index in [-0.39, 0.29) is 11.8 Å². The van der Waals surface area contributed by atoms with E-state index in [2.05, 4.69) is 10.6 Å². The van der Waals surface area contributed by atoms with Crippen molar-refractivity contribution in [1.29, 1.82) is 0 Å². The highest BCUT2D eigenvalue weighted by Crippen LogP contribution is 2.30. The molecule has 1 aliphatic heterocycles. The fraction of sp³-hybridized carbons (Fsp3) is 0.500. The number of carbonyl (C=O) groups is 1. The highest BCUT2D eigenvalue weighted by atomic mass is 16.5. The summed E-state index contributed by atoms with van der Waals surface area (Å²) < 4.78 is 4.83. The largest absolute Gasteiger partial charge is 0.391 e. The molecular formula is C14H20N2O3. The van der Waals surface area contributed by atoms with Gasteiger partial charge in [-0.2, -0.15) is 0 Å². The van der Waals surface area contributed by atoms with Gasteiger partial charge in [0.25, 0.3) is 0 Å². The Bertz CT molecular complexity index is 436. The van der Waals surface area contributed by atoms with Crippen molar-refractivity contribution in [2.45, 2.75) is 18.4 Å². The number of aliphatic hydroxyl groups is 1. The number of benzene rings is 1. The standard InChI is InChI=1S/C14H20N2O3/c1-19-9-10(17)6-7-15-14(18)12-8-16-13-5-3-2-4-11(12)13/h2-5,10,12,16-17H,6-9H2,1H3,(H,15,18). The Balaban J connectivity index is 1.82. The summed E-state index contributed by atoms with van der Waals surface area (Å²) in [4.78, 5) is 12.1. The lowest BCUT2D eigenvalue weighted by Gasteiger charge is -2.13. The first-order valence-corrected chi connectivity index (χ1v) is 6.50. The Kier molecular flexibility index (Phi) is 4.76. The van der Waals surface area contributed by atoms with Crippen molar-refractivity contribution >= 4 is 11.6 Å². The molecule has 0 aromatic heterocycles. The van der Waals surface area contributed by atoms with Crippen molar-refractivity contribution in [2.75, 3.05) is 32.1 Å². The van der Waals surface area contributed by atoms with Crippen LogP contribution in [-0.2, 0) is 9.53 Å². The molecule has 5 nitrogen and oxygen atoms in total. The summed E-state index contributed by atoms with van der Waals surface area (Å²) in [5, 5.41) is 15.6. The lowest BCUT2D eigenvalue weighted by atomic mass is 10.0. The van der Waals surface area contributed by atoms with Crippen LogP contribution in [0.4, 0.5) is 5.69 Å². The molecule has 1 amide bonds. The number of ether oxygens (including phenoxy) is 1. The number of hydrogen-bond donors (Lipinski definition) is 3. The third-order valence-corrected chi connectivity index (χ3v) is 3.29. The Labute approximate surface area is 113 Å². The van der Waals surface area contributed by atoms with E-state index in [0.29, 0.717) is 26.1 Å². The zero-order chi connectivity index (χ0) is 13.7. The summed E-state index contributed by atoms with van der Waals surface area (Å²) in [5.74, 6) is -0.141. The monoisotopic (exact) mass is 264 g/mol. The molecule has 1 aromatic carbocycles. The zero-order valence-electron chi connectivity index (χ0n) is 11.1. The number of carbonyl (C=O) groups excluding carboxylic acids is 1. The summed E-state index contributed by atoms with van der Waals surface area (Å²) in [5.41, 5.74) is 2.07. The second-order valence-corrected chi connectivity index (χ2v) is 4.71. The number of methoxy groups -OCH3 is 1. The lowest BCUT2D eigenvalue weighted by Crippen LogP contribution is -2.33. The fourth-order valence-corrected chi connectivity index (χ4v) is 2.28. The first kappa shape index (κ1) is 13.8. The van der Waals surface area contributed by atoms with E-state index in [9.17, 15) is 9.90 Å². The predicted molar refractivity (Wildman–Crippen MR) is 73.2 cm³/mol. The SMILES string of the molecule is COCC(O)CCNC(=O)C1CNc2ccccc21. The third-order valence-electron chi connectivity index (χ3n) is 3.29. The Morgan fingerprint density at radius 3 is 3.16 bits per heavy atom. The summed E-state index contributed by atoms with van der Waals surface area (Å²) in [7, 11) is 1.54. The van der Waals surface area contributed by atoms with Gasteiger partial charge in [-0.05, 0) is 18.1 Å². The van der Waals surface area contributed by atoms with Gasteiger partial charge in [-0.3, -0.25) is 4.79 Å². The summed E-state index contributed by atoms with van der Waals surface area (Å²) in [6.45, 7) is 1.39. The third kappa shape index (κ3) is 3.45. The van der Waals surface area contributed by atoms with Crippen molar-refractivity contribution in [2.24, 2.45) is 0 Å². The van der Waals surface area contributed by atoms with E-state index >= 15 is 0 Å². The van der Waals surface area contributed by atoms with Crippen LogP contribution in [-0.4, -0.2) is 43.9 Å². The van der Waals surface area contributed by atoms with Gasteiger partial charge >= 0.3 is 0 Å². The Morgan fingerprint density at radius 2 is 2.37 bits per heavy atom. The van der Waals surface area contributed by atoms with Crippen molar-refractivity contribution in [3.8, 4) is 0 Å². The van der Waals surface area contributed by atoms with Crippen LogP contribution in [0, 0.1) is 0 Å². The second-order valence-electron chi connectivity index (χ2n) is 4.71. The van der Waals surface area contributed by atoms with Gasteiger partial charge in [0.1, 0.15) is 0 Å². The molecule has 0 radical (unpaired) electrons. The van der Waals surface area contributed by atoms with E-state index in [1.807, 2.05) is 24.3 Å². The minimum Gasteiger partial charge on any atom is -0.391 e. The van der Waals surface area contributed by atoms with Gasteiger partial charge in [0.2, 0.25) is 5.91 Å². The molecule has 5 heteroatoms. The van der Waals surface area contributed by atoms with Gasteiger partial charge in [0, 0.05) is 25.9 Å². The normalized spacial score (nSPS) is 18.5. The molecule has 0 spiro atoms. The molecule has 1 heterocycles. The van der Waals surface area contributed by atoms with Crippen LogP contribution in [0.15, 0.2) is 24.3 Å². The number of anilines is 1. The molecule has 2 atom stereocenters. The van der Waals surface area contributed by atoms with E-state index in [1.54, 1.807) is 7.11 Å². The quantitative estimate of drug-likeness (QED) is 0.707. The molecule has 2 rings (SSSR count). The van der Waals surface area contributed by atoms with Gasteiger partial charge in [0.05, 0.1) is 18.6 Å². The van der Waals surface area contributed by atoms with Crippen molar-refractivity contribution in [3.05, 3.63) is 29.8 Å². The number of nitrogens with one attached hydrogen (secondary N) is 2. The minimum absolute atomic E-state index is 0.00191. The summed E-state index contributed by atoms with van der Waals surface area (Å²) in [6.07, 6.45) is -0.0271. The predicted octanol–water partition coefficient (Wildman–Crippen LogP) is 0.709. The summed E-state index contributed by atoms with van der Waals surface area (Å²) >= 11 is 0. The van der Waals surface area contributed by atoms with E-state index in [1.165, 1.54) is 0 Å². The second kappa shape index (κ2) is 6.54. The zero-order valence-corrected chi connectivity index (χ0v) is 11.1. The van der Waals surface area contributed by atoms with Gasteiger partial charge in [0.15, 0.2) is 0 Å². The van der Waals surface area contributed by atoms with Crippen LogP contribution in [0.2, 0.25) is 0 Å². The van der Waals surface area contributed by atoms with E-state index < -0.39 is 6.10 Å². The molecular weight excluding hydrogens is 244 g/mol. The molecule has 104 valence electrons. The van der Waals surface area contributed by atoms with Gasteiger partial charge in [-0.25, -0.2) is 0 Å². The van der Waals surface area contributed by atoms with Crippen LogP contribution < -0.4 is 10.6 Å². The number of rotatable bonds is 6. The summed E-state index contributed by atoms with van der Waals surface area (Å²) in [6, 6.07) is 7.84. The Morgan fingerprint density at radius 1 is 1.58 bits per heavy atom. The first-order valence-electron chi connectivity index (χ1n) is 6.50. The van der Waals surface area contributed by atoms with Crippen LogP contribution in [0.1, 0.15) is 17.9 Å². The van der Waals surface area contributed by atoms with Crippen molar-refractivity contribution < 1.29 is 14.6 Å². The molecule has 1 aliphatic rings. The van der Waals surface area contributed by atoms with Crippen LogP contribution in [0.3, 0.4) is 0 Å². The molecule has 3 N–H and O–H groups in total. The molecule has 0 fully saturated rings. The molecule has 0 bridgehead atoms. The maximum absolute atomic E-state index is 12.1. The van der Waals surface area contributed by atoms with Crippen molar-refractivity contribution in [3.63, 3.8) is 0 Å². The lowest BCUT2D eigenvalue weighted by molar-refractivity contribution is -0.122. The topological polar surface area (TPSA) is 70.6 Å². The number of hydrogen-bond acceptors (Lipinski definition) is 4.